The lowest BCUT2D eigenvalue weighted by atomic mass is 10.0. The Hall–Kier alpha value is -0.960. The lowest BCUT2D eigenvalue weighted by Gasteiger charge is -2.28. The molecule has 1 unspecified atom stereocenters. The van der Waals surface area contributed by atoms with Gasteiger partial charge in [-0.3, -0.25) is 0 Å². The first-order valence-corrected chi connectivity index (χ1v) is 6.10. The largest absolute Gasteiger partial charge is 0.490 e. The summed E-state index contributed by atoms with van der Waals surface area (Å²) in [5.74, 6) is 2.06. The highest BCUT2D eigenvalue weighted by atomic mass is 35.5. The number of ether oxygens (including phenoxy) is 1. The van der Waals surface area contributed by atoms with E-state index in [1.54, 1.807) is 6.20 Å². The van der Waals surface area contributed by atoms with Crippen LogP contribution in [0, 0.1) is 0 Å². The van der Waals surface area contributed by atoms with Gasteiger partial charge >= 0.3 is 0 Å². The number of anilines is 1. The summed E-state index contributed by atoms with van der Waals surface area (Å²) < 4.78 is 5.50. The van der Waals surface area contributed by atoms with Gasteiger partial charge in [0.1, 0.15) is 0 Å². The van der Waals surface area contributed by atoms with Crippen molar-refractivity contribution in [1.29, 1.82) is 0 Å². The van der Waals surface area contributed by atoms with Crippen molar-refractivity contribution < 1.29 is 4.74 Å². The molecular formula is C12H19ClN2O. The van der Waals surface area contributed by atoms with Gasteiger partial charge in [0.15, 0.2) is 11.6 Å². The van der Waals surface area contributed by atoms with Crippen molar-refractivity contribution in [1.82, 2.24) is 4.98 Å². The number of alkyl halides is 1. The van der Waals surface area contributed by atoms with E-state index < -0.39 is 0 Å². The van der Waals surface area contributed by atoms with Gasteiger partial charge in [-0.15, -0.1) is 11.6 Å². The monoisotopic (exact) mass is 242 g/mol. The normalized spacial score (nSPS) is 14.2. The van der Waals surface area contributed by atoms with E-state index in [1.165, 1.54) is 0 Å². The van der Waals surface area contributed by atoms with E-state index >= 15 is 0 Å². The minimum Gasteiger partial charge on any atom is -0.490 e. The first-order valence-electron chi connectivity index (χ1n) is 5.57. The fraction of sp³-hybridized carbons (Fsp3) is 0.583. The molecule has 1 aromatic rings. The Morgan fingerprint density at radius 2 is 2.25 bits per heavy atom. The maximum atomic E-state index is 5.96. The van der Waals surface area contributed by atoms with Gasteiger partial charge in [-0.25, -0.2) is 4.98 Å². The number of hydrogen-bond acceptors (Lipinski definition) is 3. The van der Waals surface area contributed by atoms with Crippen molar-refractivity contribution >= 4 is 17.4 Å². The summed E-state index contributed by atoms with van der Waals surface area (Å²) in [6.07, 6.45) is 2.67. The third-order valence-corrected chi connectivity index (χ3v) is 3.16. The summed E-state index contributed by atoms with van der Waals surface area (Å²) in [6.45, 7) is 6.75. The molecule has 1 rings (SSSR count). The number of hydrogen-bond donors (Lipinski definition) is 1. The molecule has 90 valence electrons. The molecule has 0 saturated carbocycles. The molecule has 1 atom stereocenters. The van der Waals surface area contributed by atoms with Crippen LogP contribution < -0.4 is 10.1 Å². The van der Waals surface area contributed by atoms with Crippen LogP contribution in [0.15, 0.2) is 18.3 Å². The fourth-order valence-electron chi connectivity index (χ4n) is 1.26. The number of pyridine rings is 1. The molecule has 0 aromatic carbocycles. The van der Waals surface area contributed by atoms with Gasteiger partial charge in [-0.1, -0.05) is 6.92 Å². The Morgan fingerprint density at radius 3 is 2.81 bits per heavy atom. The van der Waals surface area contributed by atoms with Gasteiger partial charge in [0.25, 0.3) is 0 Å². The van der Waals surface area contributed by atoms with Crippen LogP contribution in [-0.2, 0) is 0 Å². The molecular weight excluding hydrogens is 224 g/mol. The second-order valence-electron chi connectivity index (χ2n) is 3.96. The summed E-state index contributed by atoms with van der Waals surface area (Å²) in [7, 11) is 0. The van der Waals surface area contributed by atoms with Crippen LogP contribution >= 0.6 is 11.6 Å². The average Bonchev–Trinajstić information content (AvgIpc) is 2.32. The van der Waals surface area contributed by atoms with Crippen LogP contribution in [0.3, 0.4) is 0 Å². The van der Waals surface area contributed by atoms with Gasteiger partial charge in [-0.05, 0) is 32.4 Å². The lowest BCUT2D eigenvalue weighted by molar-refractivity contribution is 0.339. The van der Waals surface area contributed by atoms with Gasteiger partial charge in [0.05, 0.1) is 6.61 Å². The number of halogens is 1. The Bertz CT molecular complexity index is 327. The third-order valence-electron chi connectivity index (χ3n) is 2.57. The first kappa shape index (κ1) is 13.1. The maximum absolute atomic E-state index is 5.96. The summed E-state index contributed by atoms with van der Waals surface area (Å²) in [5, 5.41) is 3.34. The maximum Gasteiger partial charge on any atom is 0.169 e. The topological polar surface area (TPSA) is 34.1 Å². The van der Waals surface area contributed by atoms with E-state index in [0.29, 0.717) is 12.5 Å². The summed E-state index contributed by atoms with van der Waals surface area (Å²) in [5.41, 5.74) is -0.151. The SMILES string of the molecule is CCOc1cccnc1NC(C)(CC)CCl. The Balaban J connectivity index is 2.87. The molecule has 1 aromatic heterocycles. The highest BCUT2D eigenvalue weighted by molar-refractivity contribution is 6.18. The van der Waals surface area contributed by atoms with Crippen molar-refractivity contribution in [3.05, 3.63) is 18.3 Å². The zero-order valence-corrected chi connectivity index (χ0v) is 10.8. The molecule has 0 radical (unpaired) electrons. The minimum absolute atomic E-state index is 0.151. The third kappa shape index (κ3) is 3.27. The predicted molar refractivity (Wildman–Crippen MR) is 68.4 cm³/mol. The quantitative estimate of drug-likeness (QED) is 0.778. The molecule has 0 aliphatic rings. The zero-order chi connectivity index (χ0) is 12.0. The van der Waals surface area contributed by atoms with E-state index in [2.05, 4.69) is 24.1 Å². The van der Waals surface area contributed by atoms with Gasteiger partial charge < -0.3 is 10.1 Å². The van der Waals surface area contributed by atoms with E-state index in [0.717, 1.165) is 18.0 Å². The first-order chi connectivity index (χ1) is 7.65. The molecule has 1 heterocycles. The zero-order valence-electron chi connectivity index (χ0n) is 10.1. The van der Waals surface area contributed by atoms with Gasteiger partial charge in [-0.2, -0.15) is 0 Å². The summed E-state index contributed by atoms with van der Waals surface area (Å²) in [4.78, 5) is 4.28. The molecule has 0 aliphatic carbocycles. The molecule has 16 heavy (non-hydrogen) atoms. The summed E-state index contributed by atoms with van der Waals surface area (Å²) in [6, 6.07) is 3.77. The van der Waals surface area contributed by atoms with Crippen LogP contribution in [0.1, 0.15) is 27.2 Å². The Kier molecular flexibility index (Phi) is 4.87. The predicted octanol–water partition coefficient (Wildman–Crippen LogP) is 3.30. The van der Waals surface area contributed by atoms with Crippen LogP contribution in [-0.4, -0.2) is 23.0 Å². The summed E-state index contributed by atoms with van der Waals surface area (Å²) >= 11 is 5.96. The van der Waals surface area contributed by atoms with Crippen molar-refractivity contribution in [2.45, 2.75) is 32.7 Å². The van der Waals surface area contributed by atoms with Crippen LogP contribution in [0.4, 0.5) is 5.82 Å². The molecule has 0 aliphatic heterocycles. The number of aromatic nitrogens is 1. The average molecular weight is 243 g/mol. The second-order valence-corrected chi connectivity index (χ2v) is 4.22. The fourth-order valence-corrected chi connectivity index (χ4v) is 1.51. The standard InChI is InChI=1S/C12H19ClN2O/c1-4-12(3,9-13)15-11-10(16-5-2)7-6-8-14-11/h6-8H,4-5,9H2,1-3H3,(H,14,15). The van der Waals surface area contributed by atoms with Gasteiger partial charge in [0.2, 0.25) is 0 Å². The molecule has 1 N–H and O–H groups in total. The van der Waals surface area contributed by atoms with Gasteiger partial charge in [0, 0.05) is 17.6 Å². The minimum atomic E-state index is -0.151. The molecule has 0 amide bonds. The molecule has 0 bridgehead atoms. The van der Waals surface area contributed by atoms with Crippen LogP contribution in [0.5, 0.6) is 5.75 Å². The van der Waals surface area contributed by atoms with E-state index in [4.69, 9.17) is 16.3 Å². The number of rotatable bonds is 6. The van der Waals surface area contributed by atoms with Crippen molar-refractivity contribution in [3.63, 3.8) is 0 Å². The van der Waals surface area contributed by atoms with E-state index in [1.807, 2.05) is 19.1 Å². The van der Waals surface area contributed by atoms with E-state index in [9.17, 15) is 0 Å². The number of nitrogens with zero attached hydrogens (tertiary/aromatic N) is 1. The lowest BCUT2D eigenvalue weighted by Crippen LogP contribution is -2.36. The second kappa shape index (κ2) is 5.94. The Labute approximate surface area is 102 Å². The highest BCUT2D eigenvalue weighted by Crippen LogP contribution is 2.26. The van der Waals surface area contributed by atoms with Crippen molar-refractivity contribution in [3.8, 4) is 5.75 Å². The smallest absolute Gasteiger partial charge is 0.169 e. The van der Waals surface area contributed by atoms with E-state index in [-0.39, 0.29) is 5.54 Å². The van der Waals surface area contributed by atoms with Crippen molar-refractivity contribution in [2.75, 3.05) is 17.8 Å². The molecule has 0 saturated heterocycles. The van der Waals surface area contributed by atoms with Crippen LogP contribution in [0.25, 0.3) is 0 Å². The molecule has 3 nitrogen and oxygen atoms in total. The number of nitrogens with one attached hydrogen (secondary N) is 1. The highest BCUT2D eigenvalue weighted by Gasteiger charge is 2.22. The molecule has 0 fully saturated rings. The Morgan fingerprint density at radius 1 is 1.50 bits per heavy atom. The molecule has 4 heteroatoms. The van der Waals surface area contributed by atoms with Crippen LogP contribution in [0.2, 0.25) is 0 Å². The molecule has 0 spiro atoms. The van der Waals surface area contributed by atoms with Crippen molar-refractivity contribution in [2.24, 2.45) is 0 Å².